The van der Waals surface area contributed by atoms with Gasteiger partial charge in [0.05, 0.1) is 6.10 Å². The van der Waals surface area contributed by atoms with E-state index in [0.717, 1.165) is 0 Å². The normalized spacial score (nSPS) is 14.0. The first-order valence-corrected chi connectivity index (χ1v) is 12.1. The fourth-order valence-corrected chi connectivity index (χ4v) is 4.52. The van der Waals surface area contributed by atoms with Gasteiger partial charge in [-0.05, 0) is 25.5 Å². The highest BCUT2D eigenvalue weighted by molar-refractivity contribution is 7.99. The number of thioether (sulfide) groups is 1. The standard InChI is InChI=1S/C22H46OS/c1-4-6-8-10-12-13-14-16-18-20-24-22(21(3)23)19-17-15-11-9-7-5-2/h21-23H,4-20H2,1-3H3. The van der Waals surface area contributed by atoms with Crippen LogP contribution in [0.25, 0.3) is 0 Å². The molecule has 0 aromatic carbocycles. The maximum absolute atomic E-state index is 9.98. The molecule has 0 fully saturated rings. The second-order valence-electron chi connectivity index (χ2n) is 7.53. The molecule has 146 valence electrons. The van der Waals surface area contributed by atoms with Crippen molar-refractivity contribution in [1.82, 2.24) is 0 Å². The van der Waals surface area contributed by atoms with Crippen LogP contribution in [0.4, 0.5) is 0 Å². The number of unbranched alkanes of at least 4 members (excludes halogenated alkanes) is 13. The van der Waals surface area contributed by atoms with Crippen LogP contribution in [0.15, 0.2) is 0 Å². The Kier molecular flexibility index (Phi) is 19.9. The first kappa shape index (κ1) is 24.3. The molecule has 0 aliphatic heterocycles. The molecule has 0 spiro atoms. The molecule has 24 heavy (non-hydrogen) atoms. The molecular weight excluding hydrogens is 312 g/mol. The van der Waals surface area contributed by atoms with Gasteiger partial charge in [0.1, 0.15) is 0 Å². The van der Waals surface area contributed by atoms with Crippen molar-refractivity contribution in [3.05, 3.63) is 0 Å². The summed E-state index contributed by atoms with van der Waals surface area (Å²) >= 11 is 2.02. The summed E-state index contributed by atoms with van der Waals surface area (Å²) in [4.78, 5) is 0. The maximum Gasteiger partial charge on any atom is 0.0630 e. The van der Waals surface area contributed by atoms with E-state index in [4.69, 9.17) is 0 Å². The minimum absolute atomic E-state index is 0.149. The van der Waals surface area contributed by atoms with Crippen molar-refractivity contribution in [1.29, 1.82) is 0 Å². The molecule has 0 amide bonds. The van der Waals surface area contributed by atoms with Crippen LogP contribution in [-0.4, -0.2) is 22.2 Å². The molecular formula is C22H46OS. The van der Waals surface area contributed by atoms with E-state index < -0.39 is 0 Å². The van der Waals surface area contributed by atoms with E-state index in [0.29, 0.717) is 5.25 Å². The van der Waals surface area contributed by atoms with E-state index in [-0.39, 0.29) is 6.10 Å². The predicted molar refractivity (Wildman–Crippen MR) is 113 cm³/mol. The van der Waals surface area contributed by atoms with Gasteiger partial charge < -0.3 is 5.11 Å². The predicted octanol–water partition coefficient (Wildman–Crippen LogP) is 7.75. The highest BCUT2D eigenvalue weighted by Crippen LogP contribution is 2.23. The Morgan fingerprint density at radius 2 is 1.04 bits per heavy atom. The third kappa shape index (κ3) is 17.1. The van der Waals surface area contributed by atoms with Crippen LogP contribution in [0.3, 0.4) is 0 Å². The Morgan fingerprint density at radius 1 is 0.625 bits per heavy atom. The summed E-state index contributed by atoms with van der Waals surface area (Å²) in [5.41, 5.74) is 0. The third-order valence-electron chi connectivity index (χ3n) is 4.96. The minimum atomic E-state index is -0.149. The first-order chi connectivity index (χ1) is 11.7. The van der Waals surface area contributed by atoms with Crippen molar-refractivity contribution in [3.8, 4) is 0 Å². The lowest BCUT2D eigenvalue weighted by atomic mass is 10.1. The maximum atomic E-state index is 9.98. The Hall–Kier alpha value is 0.310. The Labute approximate surface area is 157 Å². The molecule has 0 heterocycles. The summed E-state index contributed by atoms with van der Waals surface area (Å²) in [6, 6.07) is 0. The number of aliphatic hydroxyl groups excluding tert-OH is 1. The zero-order chi connectivity index (χ0) is 17.9. The minimum Gasteiger partial charge on any atom is -0.392 e. The molecule has 0 saturated carbocycles. The fraction of sp³-hybridized carbons (Fsp3) is 1.00. The van der Waals surface area contributed by atoms with E-state index in [9.17, 15) is 5.11 Å². The van der Waals surface area contributed by atoms with Gasteiger partial charge >= 0.3 is 0 Å². The zero-order valence-corrected chi connectivity index (χ0v) is 17.8. The van der Waals surface area contributed by atoms with Crippen LogP contribution in [-0.2, 0) is 0 Å². The molecule has 2 unspecified atom stereocenters. The molecule has 1 nitrogen and oxygen atoms in total. The quantitative estimate of drug-likeness (QED) is 0.238. The number of aliphatic hydroxyl groups is 1. The lowest BCUT2D eigenvalue weighted by Gasteiger charge is -2.19. The second-order valence-corrected chi connectivity index (χ2v) is 8.88. The van der Waals surface area contributed by atoms with Gasteiger partial charge in [-0.3, -0.25) is 0 Å². The van der Waals surface area contributed by atoms with Crippen molar-refractivity contribution in [2.75, 3.05) is 5.75 Å². The number of hydrogen-bond acceptors (Lipinski definition) is 2. The lowest BCUT2D eigenvalue weighted by molar-refractivity contribution is 0.186. The molecule has 0 saturated heterocycles. The molecule has 0 aliphatic carbocycles. The molecule has 0 aromatic heterocycles. The fourth-order valence-electron chi connectivity index (χ4n) is 3.24. The molecule has 0 rings (SSSR count). The van der Waals surface area contributed by atoms with Crippen molar-refractivity contribution in [2.45, 2.75) is 135 Å². The van der Waals surface area contributed by atoms with Gasteiger partial charge in [-0.2, -0.15) is 11.8 Å². The summed E-state index contributed by atoms with van der Waals surface area (Å²) in [7, 11) is 0. The SMILES string of the molecule is CCCCCCCCCCCSC(CCCCCCCC)C(C)O. The smallest absolute Gasteiger partial charge is 0.0630 e. The molecule has 2 atom stereocenters. The summed E-state index contributed by atoms with van der Waals surface area (Å²) < 4.78 is 0. The Bertz CT molecular complexity index is 230. The highest BCUT2D eigenvalue weighted by Gasteiger charge is 2.14. The molecule has 0 bridgehead atoms. The number of rotatable bonds is 19. The average Bonchev–Trinajstić information content (AvgIpc) is 2.57. The van der Waals surface area contributed by atoms with Crippen LogP contribution in [0.1, 0.15) is 124 Å². The molecule has 0 aliphatic rings. The lowest BCUT2D eigenvalue weighted by Crippen LogP contribution is -2.19. The van der Waals surface area contributed by atoms with E-state index in [1.807, 2.05) is 18.7 Å². The average molecular weight is 359 g/mol. The summed E-state index contributed by atoms with van der Waals surface area (Å²) in [5.74, 6) is 1.24. The highest BCUT2D eigenvalue weighted by atomic mass is 32.2. The van der Waals surface area contributed by atoms with Gasteiger partial charge in [0.2, 0.25) is 0 Å². The van der Waals surface area contributed by atoms with Gasteiger partial charge in [-0.15, -0.1) is 0 Å². The van der Waals surface area contributed by atoms with Crippen molar-refractivity contribution in [2.24, 2.45) is 0 Å². The van der Waals surface area contributed by atoms with Gasteiger partial charge in [0.15, 0.2) is 0 Å². The van der Waals surface area contributed by atoms with Crippen molar-refractivity contribution >= 4 is 11.8 Å². The molecule has 0 radical (unpaired) electrons. The molecule has 2 heteroatoms. The van der Waals surface area contributed by atoms with Gasteiger partial charge in [-0.25, -0.2) is 0 Å². The van der Waals surface area contributed by atoms with E-state index in [2.05, 4.69) is 13.8 Å². The number of hydrogen-bond donors (Lipinski definition) is 1. The summed E-state index contributed by atoms with van der Waals surface area (Å²) in [5, 5.41) is 10.4. The topological polar surface area (TPSA) is 20.2 Å². The van der Waals surface area contributed by atoms with Crippen LogP contribution in [0.2, 0.25) is 0 Å². The largest absolute Gasteiger partial charge is 0.392 e. The van der Waals surface area contributed by atoms with Crippen LogP contribution >= 0.6 is 11.8 Å². The van der Waals surface area contributed by atoms with Crippen LogP contribution in [0, 0.1) is 0 Å². The second kappa shape index (κ2) is 19.6. The van der Waals surface area contributed by atoms with Crippen LogP contribution in [0.5, 0.6) is 0 Å². The summed E-state index contributed by atoms with van der Waals surface area (Å²) in [6.45, 7) is 6.53. The van der Waals surface area contributed by atoms with Crippen molar-refractivity contribution < 1.29 is 5.11 Å². The summed E-state index contributed by atoms with van der Waals surface area (Å²) in [6.07, 6.45) is 21.8. The van der Waals surface area contributed by atoms with E-state index >= 15 is 0 Å². The van der Waals surface area contributed by atoms with Gasteiger partial charge in [0.25, 0.3) is 0 Å². The third-order valence-corrected chi connectivity index (χ3v) is 6.54. The van der Waals surface area contributed by atoms with Gasteiger partial charge in [0, 0.05) is 5.25 Å². The zero-order valence-electron chi connectivity index (χ0n) is 17.0. The van der Waals surface area contributed by atoms with Crippen molar-refractivity contribution in [3.63, 3.8) is 0 Å². The monoisotopic (exact) mass is 358 g/mol. The molecule has 1 N–H and O–H groups in total. The Balaban J connectivity index is 3.44. The Morgan fingerprint density at radius 3 is 1.50 bits per heavy atom. The van der Waals surface area contributed by atoms with Gasteiger partial charge in [-0.1, -0.05) is 104 Å². The molecule has 0 aromatic rings. The van der Waals surface area contributed by atoms with E-state index in [1.165, 1.54) is 108 Å². The van der Waals surface area contributed by atoms with E-state index in [1.54, 1.807) is 0 Å². The first-order valence-electron chi connectivity index (χ1n) is 11.0. The van der Waals surface area contributed by atoms with Crippen LogP contribution < -0.4 is 0 Å².